The third-order valence-electron chi connectivity index (χ3n) is 6.01. The Bertz CT molecular complexity index is 979. The molecule has 158 valence electrons. The third kappa shape index (κ3) is 5.14. The fraction of sp³-hybridized carbons (Fsp3) is 0.600. The molecule has 1 atom stereocenters. The number of aromatic amines is 1. The summed E-state index contributed by atoms with van der Waals surface area (Å²) in [6.45, 7) is 3.91. The molecular formula is C20H28N4O3S2. The summed E-state index contributed by atoms with van der Waals surface area (Å²) in [5.74, 6) is 0.994. The molecule has 0 unspecified atom stereocenters. The highest BCUT2D eigenvalue weighted by molar-refractivity contribution is 7.88. The first kappa shape index (κ1) is 20.7. The molecular weight excluding hydrogens is 408 g/mol. The quantitative estimate of drug-likeness (QED) is 0.778. The summed E-state index contributed by atoms with van der Waals surface area (Å²) in [7, 11) is -3.22. The summed E-state index contributed by atoms with van der Waals surface area (Å²) in [5.41, 5.74) is 1.95. The van der Waals surface area contributed by atoms with Gasteiger partial charge in [-0.15, -0.1) is 0 Å². The zero-order valence-corrected chi connectivity index (χ0v) is 18.3. The highest BCUT2D eigenvalue weighted by Crippen LogP contribution is 2.29. The van der Waals surface area contributed by atoms with E-state index in [-0.39, 0.29) is 17.4 Å². The summed E-state index contributed by atoms with van der Waals surface area (Å²) in [4.78, 5) is 22.5. The number of aromatic nitrogens is 2. The molecule has 7 nitrogen and oxygen atoms in total. The molecule has 2 aliphatic heterocycles. The van der Waals surface area contributed by atoms with E-state index in [9.17, 15) is 13.2 Å². The Kier molecular flexibility index (Phi) is 6.19. The van der Waals surface area contributed by atoms with Crippen LogP contribution in [0.2, 0.25) is 0 Å². The first-order chi connectivity index (χ1) is 13.9. The van der Waals surface area contributed by atoms with Gasteiger partial charge in [-0.3, -0.25) is 9.69 Å². The first-order valence-corrected chi connectivity index (χ1v) is 13.0. The standard InChI is InChI=1S/C20H28N4O3S2/c1-29(26,27)24-7-2-3-17(13-24)18-11-19(25)22-20(21-18)16-4-8-23(9-5-16)12-15-6-10-28-14-15/h6,10-11,14,16-17H,2-5,7-9,12-13H2,1H3,(H,21,22,25)/t17-/m1/s1. The molecule has 2 aromatic rings. The predicted molar refractivity (Wildman–Crippen MR) is 115 cm³/mol. The SMILES string of the molecule is CS(=O)(=O)N1CCC[C@@H](c2cc(=O)[nH]c(C3CCN(Cc4ccsc4)CC3)n2)C1. The largest absolute Gasteiger partial charge is 0.310 e. The number of nitrogens with one attached hydrogen (secondary N) is 1. The van der Waals surface area contributed by atoms with Gasteiger partial charge in [-0.2, -0.15) is 11.3 Å². The highest BCUT2D eigenvalue weighted by atomic mass is 32.2. The second-order valence-electron chi connectivity index (χ2n) is 8.20. The highest BCUT2D eigenvalue weighted by Gasteiger charge is 2.29. The van der Waals surface area contributed by atoms with Crippen LogP contribution >= 0.6 is 11.3 Å². The minimum atomic E-state index is -3.22. The van der Waals surface area contributed by atoms with Crippen molar-refractivity contribution in [1.82, 2.24) is 19.2 Å². The van der Waals surface area contributed by atoms with Crippen molar-refractivity contribution in [1.29, 1.82) is 0 Å². The lowest BCUT2D eigenvalue weighted by molar-refractivity contribution is 0.201. The molecule has 2 fully saturated rings. The molecule has 2 aliphatic rings. The van der Waals surface area contributed by atoms with Crippen LogP contribution in [0, 0.1) is 0 Å². The van der Waals surface area contributed by atoms with E-state index in [1.54, 1.807) is 17.4 Å². The van der Waals surface area contributed by atoms with Gasteiger partial charge in [0.2, 0.25) is 10.0 Å². The maximum atomic E-state index is 12.3. The molecule has 4 rings (SSSR count). The Labute approximate surface area is 175 Å². The molecule has 1 N–H and O–H groups in total. The lowest BCUT2D eigenvalue weighted by Gasteiger charge is -2.32. The van der Waals surface area contributed by atoms with Crippen molar-refractivity contribution >= 4 is 21.4 Å². The van der Waals surface area contributed by atoms with Crippen LogP contribution in [0.5, 0.6) is 0 Å². The Hall–Kier alpha value is -1.55. The third-order valence-corrected chi connectivity index (χ3v) is 8.01. The van der Waals surface area contributed by atoms with Gasteiger partial charge in [0, 0.05) is 37.5 Å². The fourth-order valence-electron chi connectivity index (χ4n) is 4.39. The van der Waals surface area contributed by atoms with Gasteiger partial charge in [-0.1, -0.05) is 0 Å². The van der Waals surface area contributed by atoms with E-state index in [4.69, 9.17) is 4.98 Å². The van der Waals surface area contributed by atoms with Crippen LogP contribution in [-0.4, -0.2) is 60.0 Å². The van der Waals surface area contributed by atoms with Crippen molar-refractivity contribution in [3.63, 3.8) is 0 Å². The van der Waals surface area contributed by atoms with E-state index in [0.29, 0.717) is 13.1 Å². The Morgan fingerprint density at radius 2 is 2.00 bits per heavy atom. The van der Waals surface area contributed by atoms with E-state index >= 15 is 0 Å². The molecule has 0 aliphatic carbocycles. The number of sulfonamides is 1. The van der Waals surface area contributed by atoms with Crippen LogP contribution in [-0.2, 0) is 16.6 Å². The molecule has 0 radical (unpaired) electrons. The summed E-state index contributed by atoms with van der Waals surface area (Å²) in [5, 5.41) is 4.30. The number of piperidine rings is 2. The van der Waals surface area contributed by atoms with Gasteiger partial charge in [-0.05, 0) is 61.2 Å². The Morgan fingerprint density at radius 3 is 2.69 bits per heavy atom. The van der Waals surface area contributed by atoms with Gasteiger partial charge in [0.1, 0.15) is 5.82 Å². The summed E-state index contributed by atoms with van der Waals surface area (Å²) in [6, 6.07) is 3.72. The average Bonchev–Trinajstić information content (AvgIpc) is 3.21. The van der Waals surface area contributed by atoms with E-state index < -0.39 is 10.0 Å². The Morgan fingerprint density at radius 1 is 1.21 bits per heavy atom. The fourth-order valence-corrected chi connectivity index (χ4v) is 5.96. The first-order valence-electron chi connectivity index (χ1n) is 10.2. The number of thiophene rings is 1. The van der Waals surface area contributed by atoms with Crippen molar-refractivity contribution in [2.75, 3.05) is 32.4 Å². The molecule has 0 aromatic carbocycles. The number of likely N-dealkylation sites (tertiary alicyclic amines) is 1. The maximum absolute atomic E-state index is 12.3. The Balaban J connectivity index is 1.44. The second kappa shape index (κ2) is 8.67. The van der Waals surface area contributed by atoms with Crippen LogP contribution in [0.1, 0.15) is 54.6 Å². The second-order valence-corrected chi connectivity index (χ2v) is 11.0. The van der Waals surface area contributed by atoms with Gasteiger partial charge in [0.05, 0.1) is 11.9 Å². The molecule has 9 heteroatoms. The van der Waals surface area contributed by atoms with E-state index in [0.717, 1.165) is 56.8 Å². The molecule has 2 saturated heterocycles. The molecule has 0 spiro atoms. The average molecular weight is 437 g/mol. The molecule has 0 amide bonds. The lowest BCUT2D eigenvalue weighted by atomic mass is 9.93. The molecule has 4 heterocycles. The van der Waals surface area contributed by atoms with Crippen LogP contribution in [0.25, 0.3) is 0 Å². The number of H-pyrrole nitrogens is 1. The van der Waals surface area contributed by atoms with Crippen molar-refractivity contribution in [2.45, 2.75) is 44.1 Å². The van der Waals surface area contributed by atoms with Crippen LogP contribution in [0.15, 0.2) is 27.7 Å². The summed E-state index contributed by atoms with van der Waals surface area (Å²) in [6.07, 6.45) is 4.84. The van der Waals surface area contributed by atoms with Gasteiger partial charge < -0.3 is 4.98 Å². The zero-order valence-electron chi connectivity index (χ0n) is 16.7. The van der Waals surface area contributed by atoms with Crippen molar-refractivity contribution < 1.29 is 8.42 Å². The minimum absolute atomic E-state index is 0.0156. The molecule has 0 saturated carbocycles. The summed E-state index contributed by atoms with van der Waals surface area (Å²) >= 11 is 1.73. The normalized spacial score (nSPS) is 22.7. The monoisotopic (exact) mass is 436 g/mol. The smallest absolute Gasteiger partial charge is 0.251 e. The number of hydrogen-bond acceptors (Lipinski definition) is 6. The minimum Gasteiger partial charge on any atom is -0.310 e. The van der Waals surface area contributed by atoms with E-state index in [1.165, 1.54) is 16.1 Å². The molecule has 2 aromatic heterocycles. The number of nitrogens with zero attached hydrogens (tertiary/aromatic N) is 3. The predicted octanol–water partition coefficient (Wildman–Crippen LogP) is 2.35. The number of hydrogen-bond donors (Lipinski definition) is 1. The van der Waals surface area contributed by atoms with E-state index in [1.807, 2.05) is 0 Å². The lowest BCUT2D eigenvalue weighted by Crippen LogP contribution is -2.39. The van der Waals surface area contributed by atoms with Gasteiger partial charge in [0.15, 0.2) is 0 Å². The topological polar surface area (TPSA) is 86.4 Å². The summed E-state index contributed by atoms with van der Waals surface area (Å²) < 4.78 is 25.4. The van der Waals surface area contributed by atoms with Crippen molar-refractivity contribution in [2.24, 2.45) is 0 Å². The maximum Gasteiger partial charge on any atom is 0.251 e. The van der Waals surface area contributed by atoms with Gasteiger partial charge in [-0.25, -0.2) is 17.7 Å². The van der Waals surface area contributed by atoms with Gasteiger partial charge >= 0.3 is 0 Å². The van der Waals surface area contributed by atoms with Crippen molar-refractivity contribution in [3.05, 3.63) is 50.3 Å². The van der Waals surface area contributed by atoms with Crippen LogP contribution < -0.4 is 5.56 Å². The molecule has 0 bridgehead atoms. The zero-order chi connectivity index (χ0) is 20.4. The van der Waals surface area contributed by atoms with Gasteiger partial charge in [0.25, 0.3) is 5.56 Å². The number of rotatable bonds is 5. The van der Waals surface area contributed by atoms with Crippen LogP contribution in [0.3, 0.4) is 0 Å². The van der Waals surface area contributed by atoms with Crippen molar-refractivity contribution in [3.8, 4) is 0 Å². The van der Waals surface area contributed by atoms with E-state index in [2.05, 4.69) is 26.7 Å². The van der Waals surface area contributed by atoms with Crippen LogP contribution in [0.4, 0.5) is 0 Å². The molecule has 29 heavy (non-hydrogen) atoms.